The van der Waals surface area contributed by atoms with Crippen LogP contribution in [0.4, 0.5) is 5.82 Å². The quantitative estimate of drug-likeness (QED) is 0.815. The number of hydrogen-bond donors (Lipinski definition) is 1. The summed E-state index contributed by atoms with van der Waals surface area (Å²) in [6.07, 6.45) is 6.34. The number of aliphatic carboxylic acids is 1. The molecule has 1 aromatic heterocycles. The van der Waals surface area contributed by atoms with Gasteiger partial charge in [0.15, 0.2) is 0 Å². The van der Waals surface area contributed by atoms with Gasteiger partial charge in [-0.1, -0.05) is 12.8 Å². The molecule has 1 N–H and O–H groups in total. The molecule has 0 unspecified atom stereocenters. The Labute approximate surface area is 142 Å². The third-order valence-corrected chi connectivity index (χ3v) is 4.10. The first-order chi connectivity index (χ1) is 11.6. The van der Waals surface area contributed by atoms with Gasteiger partial charge in [-0.2, -0.15) is 0 Å². The second-order valence-corrected chi connectivity index (χ2v) is 5.92. The molecule has 0 radical (unpaired) electrons. The molecule has 1 amide bonds. The van der Waals surface area contributed by atoms with Crippen molar-refractivity contribution in [3.8, 4) is 0 Å². The van der Waals surface area contributed by atoms with E-state index in [1.54, 1.807) is 6.07 Å². The van der Waals surface area contributed by atoms with Crippen molar-refractivity contribution in [1.29, 1.82) is 0 Å². The van der Waals surface area contributed by atoms with E-state index in [2.05, 4.69) is 9.88 Å². The van der Waals surface area contributed by atoms with Crippen LogP contribution in [0.5, 0.6) is 0 Å². The summed E-state index contributed by atoms with van der Waals surface area (Å²) in [6, 6.07) is 3.56. The number of carboxylic acids is 1. The summed E-state index contributed by atoms with van der Waals surface area (Å²) in [6.45, 7) is 2.14. The number of ether oxygens (including phenoxy) is 1. The van der Waals surface area contributed by atoms with Crippen molar-refractivity contribution in [3.63, 3.8) is 0 Å². The number of carboxylic acid groups (broad SMARTS) is 1. The van der Waals surface area contributed by atoms with Gasteiger partial charge in [-0.15, -0.1) is 0 Å². The molecule has 0 saturated carbocycles. The molecule has 2 heterocycles. The predicted octanol–water partition coefficient (Wildman–Crippen LogP) is 1.64. The van der Waals surface area contributed by atoms with Gasteiger partial charge in [0.25, 0.3) is 5.91 Å². The first-order valence-corrected chi connectivity index (χ1v) is 8.33. The number of aromatic nitrogens is 1. The van der Waals surface area contributed by atoms with Gasteiger partial charge in [-0.25, -0.2) is 4.98 Å². The number of methoxy groups -OCH3 is 1. The highest BCUT2D eigenvalue weighted by Gasteiger charge is 2.19. The van der Waals surface area contributed by atoms with E-state index >= 15 is 0 Å². The lowest BCUT2D eigenvalue weighted by Crippen LogP contribution is -2.38. The highest BCUT2D eigenvalue weighted by Crippen LogP contribution is 2.18. The minimum atomic E-state index is -1.05. The molecule has 132 valence electrons. The van der Waals surface area contributed by atoms with Crippen LogP contribution in [0.25, 0.3) is 0 Å². The number of rotatable bonds is 7. The SMILES string of the molecule is COCCN(CC(=O)O)C(=O)c1ccc(N2CCCCCC2)nc1. The second kappa shape index (κ2) is 9.22. The van der Waals surface area contributed by atoms with Crippen LogP contribution in [0.2, 0.25) is 0 Å². The van der Waals surface area contributed by atoms with E-state index < -0.39 is 5.97 Å². The molecular weight excluding hydrogens is 310 g/mol. The molecule has 1 fully saturated rings. The number of nitrogens with zero attached hydrogens (tertiary/aromatic N) is 3. The van der Waals surface area contributed by atoms with E-state index in [-0.39, 0.29) is 25.6 Å². The molecule has 1 aliphatic heterocycles. The lowest BCUT2D eigenvalue weighted by Gasteiger charge is -2.23. The maximum Gasteiger partial charge on any atom is 0.323 e. The van der Waals surface area contributed by atoms with Gasteiger partial charge < -0.3 is 19.6 Å². The van der Waals surface area contributed by atoms with Crippen LogP contribution in [-0.4, -0.2) is 66.8 Å². The fourth-order valence-electron chi connectivity index (χ4n) is 2.80. The molecule has 7 nitrogen and oxygen atoms in total. The molecule has 2 rings (SSSR count). The largest absolute Gasteiger partial charge is 0.480 e. The molecule has 0 aromatic carbocycles. The van der Waals surface area contributed by atoms with Gasteiger partial charge in [0.05, 0.1) is 12.2 Å². The third-order valence-electron chi connectivity index (χ3n) is 4.10. The molecule has 0 aliphatic carbocycles. The molecule has 1 aromatic rings. The van der Waals surface area contributed by atoms with Gasteiger partial charge in [-0.05, 0) is 25.0 Å². The smallest absolute Gasteiger partial charge is 0.323 e. The maximum atomic E-state index is 12.5. The van der Waals surface area contributed by atoms with Gasteiger partial charge in [0.1, 0.15) is 12.4 Å². The lowest BCUT2D eigenvalue weighted by atomic mass is 10.2. The van der Waals surface area contributed by atoms with Crippen molar-refractivity contribution in [2.75, 3.05) is 44.8 Å². The fraction of sp³-hybridized carbons (Fsp3) is 0.588. The van der Waals surface area contributed by atoms with Gasteiger partial charge in [-0.3, -0.25) is 9.59 Å². The lowest BCUT2D eigenvalue weighted by molar-refractivity contribution is -0.137. The molecule has 1 aliphatic rings. The Balaban J connectivity index is 2.06. The second-order valence-electron chi connectivity index (χ2n) is 5.92. The number of amides is 1. The Bertz CT molecular complexity index is 539. The van der Waals surface area contributed by atoms with Crippen LogP contribution in [-0.2, 0) is 9.53 Å². The van der Waals surface area contributed by atoms with Gasteiger partial charge in [0, 0.05) is 32.9 Å². The summed E-state index contributed by atoms with van der Waals surface area (Å²) in [7, 11) is 1.51. The average Bonchev–Trinajstić information content (AvgIpc) is 2.87. The van der Waals surface area contributed by atoms with Crippen molar-refractivity contribution in [2.45, 2.75) is 25.7 Å². The van der Waals surface area contributed by atoms with E-state index in [9.17, 15) is 9.59 Å². The summed E-state index contributed by atoms with van der Waals surface area (Å²) in [5.74, 6) is -0.520. The van der Waals surface area contributed by atoms with E-state index in [0.717, 1.165) is 31.7 Å². The Morgan fingerprint density at radius 1 is 1.25 bits per heavy atom. The highest BCUT2D eigenvalue weighted by atomic mass is 16.5. The van der Waals surface area contributed by atoms with Crippen molar-refractivity contribution in [2.24, 2.45) is 0 Å². The van der Waals surface area contributed by atoms with Crippen LogP contribution >= 0.6 is 0 Å². The molecule has 0 spiro atoms. The summed E-state index contributed by atoms with van der Waals surface area (Å²) in [5.41, 5.74) is 0.394. The molecule has 24 heavy (non-hydrogen) atoms. The molecule has 0 atom stereocenters. The zero-order valence-electron chi connectivity index (χ0n) is 14.1. The van der Waals surface area contributed by atoms with Crippen LogP contribution in [0.3, 0.4) is 0 Å². The monoisotopic (exact) mass is 335 g/mol. The number of hydrogen-bond acceptors (Lipinski definition) is 5. The summed E-state index contributed by atoms with van der Waals surface area (Å²) < 4.78 is 4.94. The minimum Gasteiger partial charge on any atom is -0.480 e. The summed E-state index contributed by atoms with van der Waals surface area (Å²) >= 11 is 0. The Hall–Kier alpha value is -2.15. The van der Waals surface area contributed by atoms with Crippen molar-refractivity contribution in [3.05, 3.63) is 23.9 Å². The van der Waals surface area contributed by atoms with Gasteiger partial charge in [0.2, 0.25) is 0 Å². The number of anilines is 1. The number of pyridine rings is 1. The van der Waals surface area contributed by atoms with E-state index in [1.807, 2.05) is 6.07 Å². The topological polar surface area (TPSA) is 83.0 Å². The predicted molar refractivity (Wildman–Crippen MR) is 90.3 cm³/mol. The zero-order chi connectivity index (χ0) is 17.4. The van der Waals surface area contributed by atoms with Gasteiger partial charge >= 0.3 is 5.97 Å². The first-order valence-electron chi connectivity index (χ1n) is 8.33. The molecular formula is C17H25N3O4. The standard InChI is InChI=1S/C17H25N3O4/c1-24-11-10-20(13-16(21)22)17(23)14-6-7-15(18-12-14)19-8-4-2-3-5-9-19/h6-7,12H,2-5,8-11,13H2,1H3,(H,21,22). The number of carbonyl (C=O) groups is 2. The Morgan fingerprint density at radius 2 is 1.96 bits per heavy atom. The normalized spacial score (nSPS) is 15.0. The van der Waals surface area contributed by atoms with E-state index in [1.165, 1.54) is 31.0 Å². The highest BCUT2D eigenvalue weighted by molar-refractivity contribution is 5.95. The fourth-order valence-corrected chi connectivity index (χ4v) is 2.80. The Kier molecular flexibility index (Phi) is 6.99. The van der Waals surface area contributed by atoms with Crippen LogP contribution in [0, 0.1) is 0 Å². The summed E-state index contributed by atoms with van der Waals surface area (Å²) in [5, 5.41) is 8.96. The maximum absolute atomic E-state index is 12.5. The first kappa shape index (κ1) is 18.2. The Morgan fingerprint density at radius 3 is 2.50 bits per heavy atom. The zero-order valence-corrected chi connectivity index (χ0v) is 14.1. The third kappa shape index (κ3) is 5.19. The van der Waals surface area contributed by atoms with Crippen LogP contribution < -0.4 is 4.90 Å². The molecule has 1 saturated heterocycles. The van der Waals surface area contributed by atoms with Crippen LogP contribution in [0.15, 0.2) is 18.3 Å². The van der Waals surface area contributed by atoms with Crippen molar-refractivity contribution < 1.29 is 19.4 Å². The van der Waals surface area contributed by atoms with E-state index in [4.69, 9.17) is 9.84 Å². The number of carbonyl (C=O) groups excluding carboxylic acids is 1. The van der Waals surface area contributed by atoms with E-state index in [0.29, 0.717) is 5.56 Å². The van der Waals surface area contributed by atoms with Crippen molar-refractivity contribution >= 4 is 17.7 Å². The van der Waals surface area contributed by atoms with Crippen LogP contribution in [0.1, 0.15) is 36.0 Å². The molecule has 0 bridgehead atoms. The molecule has 7 heteroatoms. The summed E-state index contributed by atoms with van der Waals surface area (Å²) in [4.78, 5) is 31.3. The average molecular weight is 335 g/mol. The minimum absolute atomic E-state index is 0.232. The van der Waals surface area contributed by atoms with Crippen molar-refractivity contribution in [1.82, 2.24) is 9.88 Å².